The average molecular weight is 356 g/mol. The average Bonchev–Trinajstić information content (AvgIpc) is 3.30. The molecule has 0 spiro atoms. The van der Waals surface area contributed by atoms with E-state index >= 15 is 0 Å². The molecule has 0 amide bonds. The lowest BCUT2D eigenvalue weighted by Gasteiger charge is -2.19. The molecule has 5 rings (SSSR count). The first-order chi connectivity index (χ1) is 13.2. The highest BCUT2D eigenvalue weighted by molar-refractivity contribution is 5.94. The van der Waals surface area contributed by atoms with Crippen molar-refractivity contribution in [2.24, 2.45) is 0 Å². The predicted octanol–water partition coefficient (Wildman–Crippen LogP) is 5.39. The van der Waals surface area contributed by atoms with E-state index in [2.05, 4.69) is 18.2 Å². The molecule has 2 aliphatic rings. The number of fused-ring (bicyclic) bond motifs is 1. The lowest BCUT2D eigenvalue weighted by atomic mass is 9.84. The summed E-state index contributed by atoms with van der Waals surface area (Å²) >= 11 is 0. The van der Waals surface area contributed by atoms with Crippen LogP contribution in [0.25, 0.3) is 22.2 Å². The molecule has 2 aromatic carbocycles. The lowest BCUT2D eigenvalue weighted by molar-refractivity contribution is -0.117. The molecule has 1 heterocycles. The van der Waals surface area contributed by atoms with Gasteiger partial charge in [0.15, 0.2) is 11.5 Å². The molecule has 0 bridgehead atoms. The van der Waals surface area contributed by atoms with Gasteiger partial charge in [-0.25, -0.2) is 4.98 Å². The smallest absolute Gasteiger partial charge is 0.198 e. The van der Waals surface area contributed by atoms with Crippen LogP contribution in [0.15, 0.2) is 34.7 Å². The summed E-state index contributed by atoms with van der Waals surface area (Å²) in [6, 6.07) is 12.5. The Morgan fingerprint density at radius 1 is 1.15 bits per heavy atom. The fraction of sp³-hybridized carbons (Fsp3) is 0.348. The van der Waals surface area contributed by atoms with Crippen molar-refractivity contribution in [3.8, 4) is 17.2 Å². The van der Waals surface area contributed by atoms with Gasteiger partial charge in [0.25, 0.3) is 0 Å². The minimum Gasteiger partial charge on any atom is -0.440 e. The molecular formula is C23H20N2O2. The summed E-state index contributed by atoms with van der Waals surface area (Å²) in [6.07, 6.45) is 4.17. The van der Waals surface area contributed by atoms with Gasteiger partial charge in [-0.05, 0) is 48.8 Å². The quantitative estimate of drug-likeness (QED) is 0.631. The molecule has 3 aromatic rings. The van der Waals surface area contributed by atoms with Crippen molar-refractivity contribution in [3.05, 3.63) is 52.9 Å². The molecule has 0 saturated heterocycles. The van der Waals surface area contributed by atoms with Gasteiger partial charge in [-0.3, -0.25) is 4.79 Å². The maximum Gasteiger partial charge on any atom is 0.198 e. The topological polar surface area (TPSA) is 66.9 Å². The number of nitrogens with zero attached hydrogens (tertiary/aromatic N) is 2. The molecule has 4 heteroatoms. The van der Waals surface area contributed by atoms with Crippen molar-refractivity contribution < 1.29 is 9.21 Å². The Kier molecular flexibility index (Phi) is 3.65. The molecule has 2 aliphatic carbocycles. The van der Waals surface area contributed by atoms with Gasteiger partial charge in [-0.1, -0.05) is 30.3 Å². The largest absolute Gasteiger partial charge is 0.440 e. The van der Waals surface area contributed by atoms with E-state index in [9.17, 15) is 10.1 Å². The van der Waals surface area contributed by atoms with E-state index in [1.807, 2.05) is 25.1 Å². The van der Waals surface area contributed by atoms with Gasteiger partial charge >= 0.3 is 0 Å². The fourth-order valence-corrected chi connectivity index (χ4v) is 4.38. The molecule has 1 atom stereocenters. The van der Waals surface area contributed by atoms with Gasteiger partial charge in [-0.2, -0.15) is 5.26 Å². The van der Waals surface area contributed by atoms with Crippen LogP contribution >= 0.6 is 0 Å². The number of Topliss-reactive ketones (excluding diaryl/α,β-unsaturated/α-hetero) is 1. The molecule has 4 nitrogen and oxygen atoms in total. The van der Waals surface area contributed by atoms with Gasteiger partial charge in [0.05, 0.1) is 5.56 Å². The molecule has 1 unspecified atom stereocenters. The van der Waals surface area contributed by atoms with E-state index in [0.717, 1.165) is 53.0 Å². The van der Waals surface area contributed by atoms with Crippen LogP contribution in [0.3, 0.4) is 0 Å². The maximum atomic E-state index is 12.0. The van der Waals surface area contributed by atoms with Crippen LogP contribution in [0.1, 0.15) is 66.5 Å². The molecule has 0 aliphatic heterocycles. The van der Waals surface area contributed by atoms with E-state index in [-0.39, 0.29) is 5.92 Å². The summed E-state index contributed by atoms with van der Waals surface area (Å²) in [6.45, 7) is 1.99. The minimum absolute atomic E-state index is 0.127. The molecule has 0 N–H and O–H groups in total. The van der Waals surface area contributed by atoms with Crippen LogP contribution in [0.4, 0.5) is 0 Å². The molecule has 2 fully saturated rings. The van der Waals surface area contributed by atoms with Crippen molar-refractivity contribution in [1.29, 1.82) is 5.26 Å². The summed E-state index contributed by atoms with van der Waals surface area (Å²) in [5.74, 6) is 1.55. The number of benzene rings is 2. The second-order valence-electron chi connectivity index (χ2n) is 7.75. The highest BCUT2D eigenvalue weighted by atomic mass is 16.3. The molecule has 2 saturated carbocycles. The first-order valence-corrected chi connectivity index (χ1v) is 9.61. The minimum atomic E-state index is 0.127. The molecule has 0 radical (unpaired) electrons. The summed E-state index contributed by atoms with van der Waals surface area (Å²) < 4.78 is 6.26. The Morgan fingerprint density at radius 2 is 1.93 bits per heavy atom. The summed E-state index contributed by atoms with van der Waals surface area (Å²) in [5.41, 5.74) is 6.08. The number of oxazole rings is 1. The Bertz CT molecular complexity index is 1100. The number of aromatic nitrogens is 1. The van der Waals surface area contributed by atoms with E-state index in [1.54, 1.807) is 0 Å². The van der Waals surface area contributed by atoms with Gasteiger partial charge < -0.3 is 4.42 Å². The molecule has 1 aromatic heterocycles. The standard InChI is InChI=1S/C23H20N2O2/c1-13-18(12-24)21-22(27-23(25-21)15-7-8-15)20(16-9-10-17(26)11-16)19(13)14-5-3-2-4-6-14/h2-6,15-16H,7-11H2,1H3. The zero-order valence-corrected chi connectivity index (χ0v) is 15.3. The van der Waals surface area contributed by atoms with E-state index < -0.39 is 0 Å². The molecule has 134 valence electrons. The Balaban J connectivity index is 1.86. The maximum absolute atomic E-state index is 12.0. The Morgan fingerprint density at radius 3 is 2.56 bits per heavy atom. The van der Waals surface area contributed by atoms with Gasteiger partial charge in [0, 0.05) is 24.3 Å². The SMILES string of the molecule is Cc1c(-c2ccccc2)c(C2CCC(=O)C2)c2oc(C3CC3)nc2c1C#N. The van der Waals surface area contributed by atoms with Crippen LogP contribution in [0.2, 0.25) is 0 Å². The normalized spacial score (nSPS) is 19.6. The first-order valence-electron chi connectivity index (χ1n) is 9.61. The number of hydrogen-bond donors (Lipinski definition) is 0. The van der Waals surface area contributed by atoms with Crippen molar-refractivity contribution >= 4 is 16.9 Å². The number of rotatable bonds is 3. The number of carbonyl (C=O) groups excluding carboxylic acids is 1. The van der Waals surface area contributed by atoms with Crippen molar-refractivity contribution in [3.63, 3.8) is 0 Å². The van der Waals surface area contributed by atoms with E-state index in [1.165, 1.54) is 0 Å². The zero-order chi connectivity index (χ0) is 18.5. The first kappa shape index (κ1) is 16.3. The number of ketones is 1. The summed E-state index contributed by atoms with van der Waals surface area (Å²) in [4.78, 5) is 16.8. The predicted molar refractivity (Wildman–Crippen MR) is 102 cm³/mol. The summed E-state index contributed by atoms with van der Waals surface area (Å²) in [7, 11) is 0. The van der Waals surface area contributed by atoms with Crippen LogP contribution in [-0.4, -0.2) is 10.8 Å². The van der Waals surface area contributed by atoms with Crippen LogP contribution in [-0.2, 0) is 4.79 Å². The lowest BCUT2D eigenvalue weighted by Crippen LogP contribution is -2.03. The van der Waals surface area contributed by atoms with E-state index in [0.29, 0.717) is 35.6 Å². The Hall–Kier alpha value is -2.93. The number of hydrogen-bond acceptors (Lipinski definition) is 4. The van der Waals surface area contributed by atoms with Crippen molar-refractivity contribution in [2.45, 2.75) is 50.9 Å². The zero-order valence-electron chi connectivity index (χ0n) is 15.3. The Labute approximate surface area is 157 Å². The molecule has 27 heavy (non-hydrogen) atoms. The number of carbonyl (C=O) groups is 1. The third-order valence-electron chi connectivity index (χ3n) is 5.90. The fourth-order valence-electron chi connectivity index (χ4n) is 4.38. The van der Waals surface area contributed by atoms with Crippen molar-refractivity contribution in [1.82, 2.24) is 4.98 Å². The van der Waals surface area contributed by atoms with Gasteiger partial charge in [0.2, 0.25) is 0 Å². The van der Waals surface area contributed by atoms with Gasteiger partial charge in [-0.15, -0.1) is 0 Å². The second kappa shape index (κ2) is 6.06. The van der Waals surface area contributed by atoms with Crippen LogP contribution < -0.4 is 0 Å². The highest BCUT2D eigenvalue weighted by Crippen LogP contribution is 2.47. The van der Waals surface area contributed by atoms with E-state index in [4.69, 9.17) is 9.40 Å². The highest BCUT2D eigenvalue weighted by Gasteiger charge is 2.35. The molecular weight excluding hydrogens is 336 g/mol. The summed E-state index contributed by atoms with van der Waals surface area (Å²) in [5, 5.41) is 9.86. The van der Waals surface area contributed by atoms with Crippen molar-refractivity contribution in [2.75, 3.05) is 0 Å². The monoisotopic (exact) mass is 356 g/mol. The number of nitriles is 1. The van der Waals surface area contributed by atoms with Crippen LogP contribution in [0.5, 0.6) is 0 Å². The van der Waals surface area contributed by atoms with Gasteiger partial charge in [0.1, 0.15) is 17.4 Å². The third kappa shape index (κ3) is 2.57. The second-order valence-corrected chi connectivity index (χ2v) is 7.75. The van der Waals surface area contributed by atoms with Crippen LogP contribution in [0, 0.1) is 18.3 Å². The third-order valence-corrected chi connectivity index (χ3v) is 5.90.